The molecule has 0 aliphatic rings. The Labute approximate surface area is 162 Å². The number of rotatable bonds is 4. The van der Waals surface area contributed by atoms with Gasteiger partial charge in [-0.2, -0.15) is 5.10 Å². The molecular weight excluding hydrogens is 402 g/mol. The zero-order chi connectivity index (χ0) is 19.7. The molecule has 27 heavy (non-hydrogen) atoms. The molecule has 1 aromatic heterocycles. The van der Waals surface area contributed by atoms with Crippen LogP contribution in [0.25, 0.3) is 11.1 Å². The first kappa shape index (κ1) is 19.3. The van der Waals surface area contributed by atoms with Crippen molar-refractivity contribution in [2.24, 2.45) is 0 Å². The molecule has 0 saturated heterocycles. The maximum Gasteiger partial charge on any atom is 0.280 e. The van der Waals surface area contributed by atoms with Crippen LogP contribution in [0.5, 0.6) is 0 Å². The Morgan fingerprint density at radius 3 is 2.44 bits per heavy atom. The fourth-order valence-corrected chi connectivity index (χ4v) is 3.06. The highest BCUT2D eigenvalue weighted by atomic mass is 35.5. The van der Waals surface area contributed by atoms with Crippen LogP contribution < -0.4 is 4.90 Å². The number of carbonyl (C=O) groups is 1. The minimum atomic E-state index is -2.92. The average molecular weight is 414 g/mol. The van der Waals surface area contributed by atoms with Crippen molar-refractivity contribution in [3.8, 4) is 11.1 Å². The number of alkyl halides is 2. The van der Waals surface area contributed by atoms with E-state index in [0.29, 0.717) is 16.1 Å². The molecule has 1 N–H and O–H groups in total. The number of nitrogens with one attached hydrogen (secondary N) is 1. The van der Waals surface area contributed by atoms with E-state index in [1.807, 2.05) is 0 Å². The van der Waals surface area contributed by atoms with Gasteiger partial charge in [-0.05, 0) is 29.8 Å². The van der Waals surface area contributed by atoms with E-state index in [-0.39, 0.29) is 16.3 Å². The van der Waals surface area contributed by atoms with Gasteiger partial charge in [0, 0.05) is 17.6 Å². The van der Waals surface area contributed by atoms with Crippen LogP contribution in [-0.2, 0) is 0 Å². The molecular formula is C18H12Cl2F3N3O. The molecule has 0 atom stereocenters. The van der Waals surface area contributed by atoms with Gasteiger partial charge in [0.1, 0.15) is 16.5 Å². The topological polar surface area (TPSA) is 49.0 Å². The second kappa shape index (κ2) is 7.62. The molecule has 1 heterocycles. The van der Waals surface area contributed by atoms with Crippen LogP contribution in [0.15, 0.2) is 42.6 Å². The van der Waals surface area contributed by atoms with Crippen LogP contribution in [0, 0.1) is 5.82 Å². The number of aromatic amines is 1. The minimum absolute atomic E-state index is 0.0467. The molecule has 0 unspecified atom stereocenters. The van der Waals surface area contributed by atoms with Gasteiger partial charge in [0.2, 0.25) is 0 Å². The first-order valence-electron chi connectivity index (χ1n) is 7.64. The number of hydrogen-bond acceptors (Lipinski definition) is 2. The Bertz CT molecular complexity index is 990. The van der Waals surface area contributed by atoms with E-state index in [0.717, 1.165) is 17.2 Å². The summed E-state index contributed by atoms with van der Waals surface area (Å²) in [6.07, 6.45) is -1.92. The molecule has 1 amide bonds. The first-order valence-corrected chi connectivity index (χ1v) is 8.40. The van der Waals surface area contributed by atoms with Crippen LogP contribution in [0.4, 0.5) is 18.9 Å². The SMILES string of the molecule is CN(C(=O)c1cn[nH]c1C(F)F)c1c(-c2ccc(Cl)cc2)ccc(F)c1Cl. The normalized spacial score (nSPS) is 11.1. The number of benzene rings is 2. The predicted octanol–water partition coefficient (Wildman–Crippen LogP) is 5.74. The number of hydrogen-bond donors (Lipinski definition) is 1. The van der Waals surface area contributed by atoms with Gasteiger partial charge >= 0.3 is 0 Å². The molecule has 140 valence electrons. The van der Waals surface area contributed by atoms with Crippen molar-refractivity contribution < 1.29 is 18.0 Å². The summed E-state index contributed by atoms with van der Waals surface area (Å²) in [5, 5.41) is 5.79. The molecule has 0 aliphatic heterocycles. The molecule has 0 spiro atoms. The van der Waals surface area contributed by atoms with E-state index in [4.69, 9.17) is 23.2 Å². The molecule has 9 heteroatoms. The summed E-state index contributed by atoms with van der Waals surface area (Å²) in [7, 11) is 1.32. The van der Waals surface area contributed by atoms with E-state index >= 15 is 0 Å². The Morgan fingerprint density at radius 2 is 1.81 bits per heavy atom. The lowest BCUT2D eigenvalue weighted by molar-refractivity contribution is 0.0978. The first-order chi connectivity index (χ1) is 12.8. The van der Waals surface area contributed by atoms with Crippen LogP contribution in [0.3, 0.4) is 0 Å². The third-order valence-corrected chi connectivity index (χ3v) is 4.59. The van der Waals surface area contributed by atoms with Crippen molar-refractivity contribution in [3.63, 3.8) is 0 Å². The summed E-state index contributed by atoms with van der Waals surface area (Å²) < 4.78 is 40.2. The van der Waals surface area contributed by atoms with Gasteiger partial charge in [0.25, 0.3) is 12.3 Å². The predicted molar refractivity (Wildman–Crippen MR) is 98.1 cm³/mol. The van der Waals surface area contributed by atoms with Crippen LogP contribution in [0.1, 0.15) is 22.5 Å². The molecule has 0 aliphatic carbocycles. The van der Waals surface area contributed by atoms with Crippen LogP contribution in [-0.4, -0.2) is 23.2 Å². The van der Waals surface area contributed by atoms with Crippen molar-refractivity contribution in [2.75, 3.05) is 11.9 Å². The summed E-state index contributed by atoms with van der Waals surface area (Å²) in [5.41, 5.74) is 0.168. The summed E-state index contributed by atoms with van der Waals surface area (Å²) >= 11 is 12.0. The lowest BCUT2D eigenvalue weighted by Crippen LogP contribution is -2.28. The van der Waals surface area contributed by atoms with Crippen LogP contribution >= 0.6 is 23.2 Å². The summed E-state index contributed by atoms with van der Waals surface area (Å²) in [5.74, 6) is -1.55. The fraction of sp³-hybridized carbons (Fsp3) is 0.111. The molecule has 2 aromatic carbocycles. The van der Waals surface area contributed by atoms with E-state index in [1.54, 1.807) is 24.3 Å². The highest BCUT2D eigenvalue weighted by Gasteiger charge is 2.27. The quantitative estimate of drug-likeness (QED) is 0.592. The molecule has 0 fully saturated rings. The standard InChI is InChI=1S/C18H12Cl2F3N3O/c1-26(18(27)12-8-24-25-15(12)17(22)23)16-11(6-7-13(21)14(16)20)9-2-4-10(19)5-3-9/h2-8,17H,1H3,(H,24,25). The number of amides is 1. The lowest BCUT2D eigenvalue weighted by atomic mass is 10.0. The highest BCUT2D eigenvalue weighted by Crippen LogP contribution is 2.39. The molecule has 4 nitrogen and oxygen atoms in total. The molecule has 0 bridgehead atoms. The van der Waals surface area contributed by atoms with Crippen molar-refractivity contribution in [2.45, 2.75) is 6.43 Å². The zero-order valence-corrected chi connectivity index (χ0v) is 15.3. The van der Waals surface area contributed by atoms with Crippen molar-refractivity contribution in [1.29, 1.82) is 0 Å². The van der Waals surface area contributed by atoms with E-state index in [1.165, 1.54) is 13.1 Å². The monoisotopic (exact) mass is 413 g/mol. The van der Waals surface area contributed by atoms with E-state index in [2.05, 4.69) is 10.2 Å². The maximum atomic E-state index is 14.1. The Hall–Kier alpha value is -2.51. The Morgan fingerprint density at radius 1 is 1.15 bits per heavy atom. The summed E-state index contributed by atoms with van der Waals surface area (Å²) in [6, 6.07) is 9.23. The van der Waals surface area contributed by atoms with Gasteiger partial charge in [-0.1, -0.05) is 35.3 Å². The fourth-order valence-electron chi connectivity index (χ4n) is 2.65. The molecule has 0 saturated carbocycles. The highest BCUT2D eigenvalue weighted by molar-refractivity contribution is 6.35. The van der Waals surface area contributed by atoms with Crippen LogP contribution in [0.2, 0.25) is 10.0 Å². The maximum absolute atomic E-state index is 14.1. The second-order valence-corrected chi connectivity index (χ2v) is 6.44. The van der Waals surface area contributed by atoms with Gasteiger partial charge in [-0.15, -0.1) is 0 Å². The number of halogens is 5. The Balaban J connectivity index is 2.12. The largest absolute Gasteiger partial charge is 0.309 e. The average Bonchev–Trinajstić information content (AvgIpc) is 3.13. The number of anilines is 1. The Kier molecular flexibility index (Phi) is 5.43. The van der Waals surface area contributed by atoms with Gasteiger partial charge in [-0.25, -0.2) is 13.2 Å². The number of H-pyrrole nitrogens is 1. The van der Waals surface area contributed by atoms with Crippen molar-refractivity contribution in [3.05, 3.63) is 69.7 Å². The molecule has 3 rings (SSSR count). The van der Waals surface area contributed by atoms with Gasteiger partial charge < -0.3 is 4.90 Å². The van der Waals surface area contributed by atoms with E-state index in [9.17, 15) is 18.0 Å². The third kappa shape index (κ3) is 3.65. The van der Waals surface area contributed by atoms with Crippen molar-refractivity contribution in [1.82, 2.24) is 10.2 Å². The third-order valence-electron chi connectivity index (χ3n) is 3.98. The summed E-state index contributed by atoms with van der Waals surface area (Å²) in [6.45, 7) is 0. The number of nitrogens with zero attached hydrogens (tertiary/aromatic N) is 2. The number of aromatic nitrogens is 2. The molecule has 0 radical (unpaired) electrons. The zero-order valence-electron chi connectivity index (χ0n) is 13.8. The molecule has 3 aromatic rings. The summed E-state index contributed by atoms with van der Waals surface area (Å²) in [4.78, 5) is 13.8. The smallest absolute Gasteiger partial charge is 0.280 e. The number of carbonyl (C=O) groups excluding carboxylic acids is 1. The minimum Gasteiger partial charge on any atom is -0.309 e. The van der Waals surface area contributed by atoms with Gasteiger partial charge in [0.05, 0.1) is 17.4 Å². The lowest BCUT2D eigenvalue weighted by Gasteiger charge is -2.22. The van der Waals surface area contributed by atoms with Gasteiger partial charge in [0.15, 0.2) is 0 Å². The van der Waals surface area contributed by atoms with Gasteiger partial charge in [-0.3, -0.25) is 9.89 Å². The van der Waals surface area contributed by atoms with E-state index < -0.39 is 23.8 Å². The second-order valence-electron chi connectivity index (χ2n) is 5.63. The van der Waals surface area contributed by atoms with Crippen molar-refractivity contribution >= 4 is 34.8 Å².